The lowest BCUT2D eigenvalue weighted by Crippen LogP contribution is -2.32. The third-order valence-corrected chi connectivity index (χ3v) is 3.27. The van der Waals surface area contributed by atoms with Gasteiger partial charge in [0.1, 0.15) is 11.6 Å². The van der Waals surface area contributed by atoms with Crippen LogP contribution in [0, 0.1) is 17.6 Å². The van der Waals surface area contributed by atoms with E-state index in [4.69, 9.17) is 4.74 Å². The van der Waals surface area contributed by atoms with Crippen molar-refractivity contribution in [2.24, 2.45) is 5.92 Å². The molecule has 1 atom stereocenters. The van der Waals surface area contributed by atoms with E-state index >= 15 is 0 Å². The van der Waals surface area contributed by atoms with Crippen LogP contribution in [0.3, 0.4) is 0 Å². The van der Waals surface area contributed by atoms with Gasteiger partial charge in [0.25, 0.3) is 0 Å². The van der Waals surface area contributed by atoms with Gasteiger partial charge >= 0.3 is 6.03 Å². The fourth-order valence-electron chi connectivity index (χ4n) is 2.18. The minimum absolute atomic E-state index is 0.0371. The van der Waals surface area contributed by atoms with Gasteiger partial charge in [0.15, 0.2) is 0 Å². The van der Waals surface area contributed by atoms with Crippen LogP contribution in [0.1, 0.15) is 19.3 Å². The van der Waals surface area contributed by atoms with Gasteiger partial charge in [-0.3, -0.25) is 0 Å². The first-order valence-corrected chi connectivity index (χ1v) is 6.73. The lowest BCUT2D eigenvalue weighted by molar-refractivity contribution is 0.0520. The molecule has 2 amide bonds. The molecule has 1 aliphatic rings. The predicted molar refractivity (Wildman–Crippen MR) is 71.5 cm³/mol. The van der Waals surface area contributed by atoms with Gasteiger partial charge in [-0.1, -0.05) is 0 Å². The number of carbonyl (C=O) groups is 1. The highest BCUT2D eigenvalue weighted by molar-refractivity contribution is 5.89. The molecule has 2 rings (SSSR count). The van der Waals surface area contributed by atoms with Gasteiger partial charge in [-0.25, -0.2) is 13.6 Å². The molecule has 6 heteroatoms. The smallest absolute Gasteiger partial charge is 0.319 e. The van der Waals surface area contributed by atoms with Crippen molar-refractivity contribution in [3.63, 3.8) is 0 Å². The van der Waals surface area contributed by atoms with Crippen molar-refractivity contribution in [2.45, 2.75) is 19.3 Å². The molecule has 1 aliphatic heterocycles. The van der Waals surface area contributed by atoms with E-state index in [0.29, 0.717) is 12.5 Å². The monoisotopic (exact) mass is 284 g/mol. The molecule has 1 fully saturated rings. The highest BCUT2D eigenvalue weighted by Crippen LogP contribution is 2.17. The maximum atomic E-state index is 13.3. The first-order chi connectivity index (χ1) is 9.65. The van der Waals surface area contributed by atoms with Crippen LogP contribution in [0.25, 0.3) is 0 Å². The quantitative estimate of drug-likeness (QED) is 0.893. The molecule has 0 bridgehead atoms. The maximum Gasteiger partial charge on any atom is 0.319 e. The molecule has 4 nitrogen and oxygen atoms in total. The average Bonchev–Trinajstić information content (AvgIpc) is 2.43. The van der Waals surface area contributed by atoms with Gasteiger partial charge in [0.2, 0.25) is 0 Å². The molecule has 20 heavy (non-hydrogen) atoms. The number of hydrogen-bond acceptors (Lipinski definition) is 2. The number of anilines is 1. The Hall–Kier alpha value is -1.69. The summed E-state index contributed by atoms with van der Waals surface area (Å²) in [6.45, 7) is 2.05. The van der Waals surface area contributed by atoms with Crippen molar-refractivity contribution in [3.05, 3.63) is 29.8 Å². The number of hydrogen-bond donors (Lipinski definition) is 2. The SMILES string of the molecule is O=C(NCC[C@@H]1CCCOC1)Nc1ccc(F)cc1F. The molecule has 1 saturated heterocycles. The molecule has 0 saturated carbocycles. The van der Waals surface area contributed by atoms with Gasteiger partial charge in [-0.15, -0.1) is 0 Å². The Kier molecular flexibility index (Phi) is 5.29. The normalized spacial score (nSPS) is 18.6. The van der Waals surface area contributed by atoms with E-state index in [0.717, 1.165) is 44.6 Å². The lowest BCUT2D eigenvalue weighted by Gasteiger charge is -2.21. The van der Waals surface area contributed by atoms with E-state index in [-0.39, 0.29) is 5.69 Å². The summed E-state index contributed by atoms with van der Waals surface area (Å²) in [5.41, 5.74) is -0.0371. The van der Waals surface area contributed by atoms with Crippen molar-refractivity contribution in [1.82, 2.24) is 5.32 Å². The number of halogens is 2. The van der Waals surface area contributed by atoms with Crippen LogP contribution in [-0.2, 0) is 4.74 Å². The summed E-state index contributed by atoms with van der Waals surface area (Å²) in [6, 6.07) is 2.53. The molecule has 1 aromatic rings. The fraction of sp³-hybridized carbons (Fsp3) is 0.500. The largest absolute Gasteiger partial charge is 0.381 e. The van der Waals surface area contributed by atoms with Crippen LogP contribution >= 0.6 is 0 Å². The third-order valence-electron chi connectivity index (χ3n) is 3.27. The second kappa shape index (κ2) is 7.19. The third kappa shape index (κ3) is 4.45. The summed E-state index contributed by atoms with van der Waals surface area (Å²) in [5, 5.41) is 5.01. The first kappa shape index (κ1) is 14.7. The van der Waals surface area contributed by atoms with Crippen LogP contribution in [0.15, 0.2) is 18.2 Å². The van der Waals surface area contributed by atoms with Gasteiger partial charge in [0, 0.05) is 25.8 Å². The Morgan fingerprint density at radius 3 is 2.95 bits per heavy atom. The zero-order valence-corrected chi connectivity index (χ0v) is 11.1. The van der Waals surface area contributed by atoms with E-state index in [1.54, 1.807) is 0 Å². The Morgan fingerprint density at radius 1 is 1.40 bits per heavy atom. The van der Waals surface area contributed by atoms with Crippen molar-refractivity contribution >= 4 is 11.7 Å². The highest BCUT2D eigenvalue weighted by atomic mass is 19.1. The number of carbonyl (C=O) groups excluding carboxylic acids is 1. The molecular formula is C14H18F2N2O2. The van der Waals surface area contributed by atoms with E-state index in [9.17, 15) is 13.6 Å². The molecule has 1 heterocycles. The average molecular weight is 284 g/mol. The number of benzene rings is 1. The van der Waals surface area contributed by atoms with Crippen LogP contribution < -0.4 is 10.6 Å². The maximum absolute atomic E-state index is 13.3. The summed E-state index contributed by atoms with van der Waals surface area (Å²) >= 11 is 0. The molecule has 0 unspecified atom stereocenters. The van der Waals surface area contributed by atoms with E-state index in [2.05, 4.69) is 10.6 Å². The van der Waals surface area contributed by atoms with E-state index in [1.165, 1.54) is 6.07 Å². The van der Waals surface area contributed by atoms with E-state index < -0.39 is 17.7 Å². The van der Waals surface area contributed by atoms with E-state index in [1.807, 2.05) is 0 Å². The first-order valence-electron chi connectivity index (χ1n) is 6.73. The number of rotatable bonds is 4. The van der Waals surface area contributed by atoms with Crippen molar-refractivity contribution in [2.75, 3.05) is 25.1 Å². The van der Waals surface area contributed by atoms with Crippen molar-refractivity contribution in [3.8, 4) is 0 Å². The van der Waals surface area contributed by atoms with Gasteiger partial charge in [-0.2, -0.15) is 0 Å². The van der Waals surface area contributed by atoms with Gasteiger partial charge in [-0.05, 0) is 37.3 Å². The topological polar surface area (TPSA) is 50.4 Å². The molecule has 0 radical (unpaired) electrons. The zero-order valence-electron chi connectivity index (χ0n) is 11.1. The van der Waals surface area contributed by atoms with Crippen LogP contribution in [0.2, 0.25) is 0 Å². The van der Waals surface area contributed by atoms with Crippen molar-refractivity contribution in [1.29, 1.82) is 0 Å². The second-order valence-electron chi connectivity index (χ2n) is 4.88. The Labute approximate surface area is 116 Å². The molecule has 0 aromatic heterocycles. The molecule has 2 N–H and O–H groups in total. The van der Waals surface area contributed by atoms with Crippen LogP contribution in [-0.4, -0.2) is 25.8 Å². The van der Waals surface area contributed by atoms with Crippen LogP contribution in [0.5, 0.6) is 0 Å². The van der Waals surface area contributed by atoms with Gasteiger partial charge < -0.3 is 15.4 Å². The molecule has 0 spiro atoms. The number of amides is 2. The summed E-state index contributed by atoms with van der Waals surface area (Å²) in [5.74, 6) is -1.00. The lowest BCUT2D eigenvalue weighted by atomic mass is 9.99. The summed E-state index contributed by atoms with van der Waals surface area (Å²) in [6.07, 6.45) is 2.99. The molecular weight excluding hydrogens is 266 g/mol. The fourth-order valence-corrected chi connectivity index (χ4v) is 2.18. The van der Waals surface area contributed by atoms with Gasteiger partial charge in [0.05, 0.1) is 5.69 Å². The minimum atomic E-state index is -0.791. The Bertz CT molecular complexity index is 462. The standard InChI is InChI=1S/C14H18F2N2O2/c15-11-3-4-13(12(16)8-11)18-14(19)17-6-5-10-2-1-7-20-9-10/h3-4,8,10H,1-2,5-7,9H2,(H2,17,18,19)/t10-/m0/s1. The zero-order chi connectivity index (χ0) is 14.4. The summed E-state index contributed by atoms with van der Waals surface area (Å²) in [4.78, 5) is 11.6. The minimum Gasteiger partial charge on any atom is -0.381 e. The Balaban J connectivity index is 1.72. The highest BCUT2D eigenvalue weighted by Gasteiger charge is 2.14. The number of urea groups is 1. The molecule has 110 valence electrons. The van der Waals surface area contributed by atoms with Crippen molar-refractivity contribution < 1.29 is 18.3 Å². The molecule has 0 aliphatic carbocycles. The summed E-state index contributed by atoms with van der Waals surface area (Å²) < 4.78 is 31.4. The number of ether oxygens (including phenoxy) is 1. The predicted octanol–water partition coefficient (Wildman–Crippen LogP) is 2.90. The Morgan fingerprint density at radius 2 is 2.25 bits per heavy atom. The summed E-state index contributed by atoms with van der Waals surface area (Å²) in [7, 11) is 0. The second-order valence-corrected chi connectivity index (χ2v) is 4.88. The van der Waals surface area contributed by atoms with Crippen LogP contribution in [0.4, 0.5) is 19.3 Å². The molecule has 1 aromatic carbocycles. The number of nitrogens with one attached hydrogen (secondary N) is 2.